The van der Waals surface area contributed by atoms with Crippen LogP contribution in [0.2, 0.25) is 0 Å². The molecule has 0 saturated heterocycles. The molecule has 4 heteroatoms. The summed E-state index contributed by atoms with van der Waals surface area (Å²) in [5.74, 6) is 1.44. The summed E-state index contributed by atoms with van der Waals surface area (Å²) in [6, 6.07) is 38.6. The highest BCUT2D eigenvalue weighted by Crippen LogP contribution is 2.56. The maximum atomic E-state index is 6.61. The van der Waals surface area contributed by atoms with Crippen LogP contribution in [0.15, 0.2) is 119 Å². The minimum Gasteiger partial charge on any atom is -0.470 e. The predicted octanol–water partition coefficient (Wildman–Crippen LogP) is 7.09. The van der Waals surface area contributed by atoms with Gasteiger partial charge in [0.1, 0.15) is 24.3 Å². The highest BCUT2D eigenvalue weighted by atomic mass is 16.5. The Kier molecular flexibility index (Phi) is 4.76. The zero-order chi connectivity index (χ0) is 26.2. The number of hydrogen-bond acceptors (Lipinski definition) is 4. The van der Waals surface area contributed by atoms with Crippen LogP contribution in [0, 0.1) is 0 Å². The molecule has 8 rings (SSSR count). The van der Waals surface area contributed by atoms with Crippen molar-refractivity contribution in [3.05, 3.63) is 143 Å². The van der Waals surface area contributed by atoms with Gasteiger partial charge in [-0.05, 0) is 47.2 Å². The van der Waals surface area contributed by atoms with E-state index >= 15 is 0 Å². The fraction of sp³-hybridized carbons (Fsp3) is 0.257. The summed E-state index contributed by atoms with van der Waals surface area (Å²) in [6.07, 6.45) is 0.275. The van der Waals surface area contributed by atoms with Gasteiger partial charge < -0.3 is 9.47 Å². The molecular weight excluding hydrogens is 480 g/mol. The van der Waals surface area contributed by atoms with Gasteiger partial charge in [0, 0.05) is 10.8 Å². The van der Waals surface area contributed by atoms with Gasteiger partial charge in [-0.2, -0.15) is 0 Å². The van der Waals surface area contributed by atoms with E-state index in [1.807, 2.05) is 0 Å². The Labute approximate surface area is 229 Å². The average Bonchev–Trinajstić information content (AvgIpc) is 3.72. The third-order valence-electron chi connectivity index (χ3n) is 9.55. The lowest BCUT2D eigenvalue weighted by Gasteiger charge is -2.30. The lowest BCUT2D eigenvalue weighted by Crippen LogP contribution is -2.33. The van der Waals surface area contributed by atoms with Crippen LogP contribution in [0.25, 0.3) is 0 Å². The van der Waals surface area contributed by atoms with Crippen molar-refractivity contribution in [1.29, 1.82) is 0 Å². The number of fused-ring (bicyclic) bond motifs is 6. The van der Waals surface area contributed by atoms with E-state index in [2.05, 4.69) is 123 Å². The maximum absolute atomic E-state index is 6.61. The first-order chi connectivity index (χ1) is 19.1. The molecule has 2 aliphatic heterocycles. The molecule has 2 aliphatic carbocycles. The standard InChI is InChI=1S/C35H30N2O2/c1-34(22-13-5-3-6-14-22)26-19-11-9-17-24(26)30-32(34)36-28(38-30)21-29-37-33-31(39-29)25-18-10-12-20-27(25)35(33,2)23-15-7-4-8-16-23/h3-20,30-33H,21H2,1-2H3/t30-,31-,32-,33-,34+,35+/m1/s1. The minimum atomic E-state index is -0.260. The molecule has 2 heterocycles. The molecule has 0 N–H and O–H groups in total. The Bertz CT molecular complexity index is 1520. The maximum Gasteiger partial charge on any atom is 0.193 e. The molecule has 6 atom stereocenters. The molecule has 0 radical (unpaired) electrons. The van der Waals surface area contributed by atoms with Gasteiger partial charge in [0.15, 0.2) is 11.8 Å². The Morgan fingerprint density at radius 3 is 1.36 bits per heavy atom. The van der Waals surface area contributed by atoms with Gasteiger partial charge in [0.2, 0.25) is 0 Å². The van der Waals surface area contributed by atoms with E-state index in [1.165, 1.54) is 33.4 Å². The van der Waals surface area contributed by atoms with Crippen molar-refractivity contribution in [2.24, 2.45) is 9.98 Å². The second-order valence-electron chi connectivity index (χ2n) is 11.5. The highest BCUT2D eigenvalue weighted by molar-refractivity contribution is 5.99. The van der Waals surface area contributed by atoms with Crippen LogP contribution < -0.4 is 0 Å². The molecule has 0 unspecified atom stereocenters. The first-order valence-electron chi connectivity index (χ1n) is 13.8. The Morgan fingerprint density at radius 1 is 0.538 bits per heavy atom. The van der Waals surface area contributed by atoms with E-state index in [-0.39, 0.29) is 35.1 Å². The van der Waals surface area contributed by atoms with Gasteiger partial charge in [0.25, 0.3) is 0 Å². The van der Waals surface area contributed by atoms with Crippen molar-refractivity contribution in [2.75, 3.05) is 0 Å². The van der Waals surface area contributed by atoms with Crippen LogP contribution in [0.3, 0.4) is 0 Å². The van der Waals surface area contributed by atoms with Crippen molar-refractivity contribution in [3.63, 3.8) is 0 Å². The van der Waals surface area contributed by atoms with E-state index in [1.54, 1.807) is 0 Å². The molecule has 4 aliphatic rings. The smallest absolute Gasteiger partial charge is 0.193 e. The normalized spacial score (nSPS) is 31.3. The number of rotatable bonds is 4. The fourth-order valence-corrected chi connectivity index (χ4v) is 7.54. The van der Waals surface area contributed by atoms with Crippen LogP contribution in [0.1, 0.15) is 65.9 Å². The first kappa shape index (κ1) is 22.8. The van der Waals surface area contributed by atoms with Crippen molar-refractivity contribution in [2.45, 2.75) is 55.4 Å². The molecule has 4 aromatic carbocycles. The van der Waals surface area contributed by atoms with E-state index in [0.717, 1.165) is 11.8 Å². The minimum absolute atomic E-state index is 0.0240. The van der Waals surface area contributed by atoms with E-state index in [4.69, 9.17) is 19.5 Å². The van der Waals surface area contributed by atoms with Gasteiger partial charge in [-0.1, -0.05) is 109 Å². The number of ether oxygens (including phenoxy) is 2. The zero-order valence-electron chi connectivity index (χ0n) is 22.1. The first-order valence-corrected chi connectivity index (χ1v) is 13.8. The van der Waals surface area contributed by atoms with E-state index in [9.17, 15) is 0 Å². The second-order valence-corrected chi connectivity index (χ2v) is 11.5. The van der Waals surface area contributed by atoms with Crippen LogP contribution in [-0.4, -0.2) is 23.9 Å². The Balaban J connectivity index is 1.14. The largest absolute Gasteiger partial charge is 0.470 e. The second kappa shape index (κ2) is 8.16. The number of aliphatic imine (C=N–C) groups is 2. The van der Waals surface area contributed by atoms with Crippen LogP contribution in [-0.2, 0) is 20.3 Å². The van der Waals surface area contributed by atoms with Gasteiger partial charge in [0.05, 0.1) is 6.42 Å². The molecule has 0 spiro atoms. The SMILES string of the molecule is C[C@]1(c2ccccc2)c2ccccc2[C@H]2OC(CC3=N[C@@H]4[C@H](O3)c3ccccc3[C@]4(C)c3ccccc3)=N[C@H]21. The lowest BCUT2D eigenvalue weighted by atomic mass is 9.74. The monoisotopic (exact) mass is 510 g/mol. The molecule has 4 nitrogen and oxygen atoms in total. The molecule has 4 aromatic rings. The summed E-state index contributed by atoms with van der Waals surface area (Å²) in [4.78, 5) is 10.4. The van der Waals surface area contributed by atoms with Crippen LogP contribution in [0.4, 0.5) is 0 Å². The molecule has 0 fully saturated rings. The van der Waals surface area contributed by atoms with Crippen LogP contribution >= 0.6 is 0 Å². The Hall–Kier alpha value is -4.18. The molecule has 192 valence electrons. The molecule has 0 saturated carbocycles. The molecule has 39 heavy (non-hydrogen) atoms. The third kappa shape index (κ3) is 3.06. The van der Waals surface area contributed by atoms with Gasteiger partial charge in [-0.15, -0.1) is 0 Å². The molecule has 0 bridgehead atoms. The fourth-order valence-electron chi connectivity index (χ4n) is 7.54. The summed E-state index contributed by atoms with van der Waals surface area (Å²) >= 11 is 0. The highest BCUT2D eigenvalue weighted by Gasteiger charge is 2.56. The number of hydrogen-bond donors (Lipinski definition) is 0. The van der Waals surface area contributed by atoms with Gasteiger partial charge in [-0.3, -0.25) is 0 Å². The summed E-state index contributed by atoms with van der Waals surface area (Å²) in [6.45, 7) is 4.61. The van der Waals surface area contributed by atoms with Crippen LogP contribution in [0.5, 0.6) is 0 Å². The van der Waals surface area contributed by atoms with Crippen molar-refractivity contribution >= 4 is 11.8 Å². The van der Waals surface area contributed by atoms with Gasteiger partial charge >= 0.3 is 0 Å². The quantitative estimate of drug-likeness (QED) is 0.294. The van der Waals surface area contributed by atoms with Crippen molar-refractivity contribution in [3.8, 4) is 0 Å². The number of benzene rings is 4. The molecule has 0 amide bonds. The van der Waals surface area contributed by atoms with Gasteiger partial charge in [-0.25, -0.2) is 9.98 Å². The summed E-state index contributed by atoms with van der Waals surface area (Å²) in [5, 5.41) is 0. The summed E-state index contributed by atoms with van der Waals surface area (Å²) < 4.78 is 13.2. The number of nitrogens with zero attached hydrogens (tertiary/aromatic N) is 2. The van der Waals surface area contributed by atoms with Crippen molar-refractivity contribution in [1.82, 2.24) is 0 Å². The summed E-state index contributed by atoms with van der Waals surface area (Å²) in [5.41, 5.74) is 7.05. The lowest BCUT2D eigenvalue weighted by molar-refractivity contribution is 0.178. The van der Waals surface area contributed by atoms with Crippen molar-refractivity contribution < 1.29 is 9.47 Å². The molecule has 0 aromatic heterocycles. The average molecular weight is 511 g/mol. The van der Waals surface area contributed by atoms with E-state index < -0.39 is 0 Å². The van der Waals surface area contributed by atoms with E-state index in [0.29, 0.717) is 6.42 Å². The molecular formula is C35H30N2O2. The topological polar surface area (TPSA) is 43.2 Å². The third-order valence-corrected chi connectivity index (χ3v) is 9.55. The summed E-state index contributed by atoms with van der Waals surface area (Å²) in [7, 11) is 0. The Morgan fingerprint density at radius 2 is 0.923 bits per heavy atom. The zero-order valence-corrected chi connectivity index (χ0v) is 22.1. The predicted molar refractivity (Wildman–Crippen MR) is 153 cm³/mol.